The highest BCUT2D eigenvalue weighted by Crippen LogP contribution is 2.20. The van der Waals surface area contributed by atoms with E-state index in [4.69, 9.17) is 4.42 Å². The molecule has 9 heteroatoms. The molecule has 2 aromatic heterocycles. The van der Waals surface area contributed by atoms with Gasteiger partial charge in [-0.05, 0) is 55.0 Å². The standard InChI is InChI=1S/C25H26FN5O3/c1-2-12-31(25(33)22-5-3-17-34-22)18-24(32)30-14-4-13-29(15-16-30)23-11-10-21(27-28-23)19-6-8-20(26)9-7-19/h2-3,5-11,17H,1,4,12-16,18H2. The number of anilines is 1. The van der Waals surface area contributed by atoms with Gasteiger partial charge in [-0.15, -0.1) is 16.8 Å². The highest BCUT2D eigenvalue weighted by Gasteiger charge is 2.25. The Morgan fingerprint density at radius 2 is 1.88 bits per heavy atom. The lowest BCUT2D eigenvalue weighted by molar-refractivity contribution is -0.131. The van der Waals surface area contributed by atoms with Crippen molar-refractivity contribution in [2.45, 2.75) is 6.42 Å². The van der Waals surface area contributed by atoms with Crippen molar-refractivity contribution in [1.82, 2.24) is 20.0 Å². The van der Waals surface area contributed by atoms with E-state index in [9.17, 15) is 14.0 Å². The minimum absolute atomic E-state index is 0.0439. The van der Waals surface area contributed by atoms with Crippen molar-refractivity contribution in [3.63, 3.8) is 0 Å². The van der Waals surface area contributed by atoms with Gasteiger partial charge in [0.1, 0.15) is 12.4 Å². The molecule has 3 aromatic rings. The SMILES string of the molecule is C=CCN(CC(=O)N1CCCN(c2ccc(-c3ccc(F)cc3)nn2)CC1)C(=O)c1ccco1. The van der Waals surface area contributed by atoms with E-state index in [1.54, 1.807) is 35.2 Å². The average molecular weight is 464 g/mol. The Labute approximate surface area is 197 Å². The van der Waals surface area contributed by atoms with Crippen LogP contribution >= 0.6 is 0 Å². The second-order valence-corrected chi connectivity index (χ2v) is 7.96. The van der Waals surface area contributed by atoms with Crippen LogP contribution in [0.4, 0.5) is 10.2 Å². The van der Waals surface area contributed by atoms with Gasteiger partial charge in [0, 0.05) is 38.3 Å². The minimum Gasteiger partial charge on any atom is -0.459 e. The number of halogens is 1. The molecule has 1 fully saturated rings. The fraction of sp³-hybridized carbons (Fsp3) is 0.280. The smallest absolute Gasteiger partial charge is 0.290 e. The maximum Gasteiger partial charge on any atom is 0.290 e. The second kappa shape index (κ2) is 10.7. The van der Waals surface area contributed by atoms with Gasteiger partial charge in [-0.2, -0.15) is 0 Å². The molecule has 1 aliphatic heterocycles. The summed E-state index contributed by atoms with van der Waals surface area (Å²) in [7, 11) is 0. The van der Waals surface area contributed by atoms with Crippen molar-refractivity contribution >= 4 is 17.6 Å². The molecule has 0 bridgehead atoms. The van der Waals surface area contributed by atoms with Gasteiger partial charge in [0.05, 0.1) is 12.0 Å². The van der Waals surface area contributed by atoms with E-state index in [0.29, 0.717) is 25.3 Å². The summed E-state index contributed by atoms with van der Waals surface area (Å²) in [6.45, 7) is 6.33. The zero-order valence-electron chi connectivity index (χ0n) is 18.8. The molecular weight excluding hydrogens is 437 g/mol. The summed E-state index contributed by atoms with van der Waals surface area (Å²) >= 11 is 0. The topological polar surface area (TPSA) is 82.8 Å². The first-order chi connectivity index (χ1) is 16.5. The molecule has 176 valence electrons. The lowest BCUT2D eigenvalue weighted by atomic mass is 10.1. The molecule has 3 heterocycles. The van der Waals surface area contributed by atoms with Crippen molar-refractivity contribution in [1.29, 1.82) is 0 Å². The van der Waals surface area contributed by atoms with Gasteiger partial charge in [-0.1, -0.05) is 6.08 Å². The van der Waals surface area contributed by atoms with Crippen LogP contribution in [0, 0.1) is 5.82 Å². The fourth-order valence-corrected chi connectivity index (χ4v) is 3.86. The molecule has 0 unspecified atom stereocenters. The van der Waals surface area contributed by atoms with E-state index >= 15 is 0 Å². The molecule has 4 rings (SSSR count). The lowest BCUT2D eigenvalue weighted by Crippen LogP contribution is -2.44. The van der Waals surface area contributed by atoms with Crippen LogP contribution in [0.25, 0.3) is 11.3 Å². The van der Waals surface area contributed by atoms with E-state index in [0.717, 1.165) is 24.3 Å². The number of rotatable bonds is 7. The Hall–Kier alpha value is -4.01. The Balaban J connectivity index is 1.36. The number of carbonyl (C=O) groups is 2. The summed E-state index contributed by atoms with van der Waals surface area (Å²) in [5.41, 5.74) is 1.46. The van der Waals surface area contributed by atoms with Crippen molar-refractivity contribution < 1.29 is 18.4 Å². The Morgan fingerprint density at radius 3 is 2.56 bits per heavy atom. The van der Waals surface area contributed by atoms with Gasteiger partial charge in [0.25, 0.3) is 5.91 Å². The predicted molar refractivity (Wildman–Crippen MR) is 126 cm³/mol. The van der Waals surface area contributed by atoms with Crippen LogP contribution in [0.15, 0.2) is 71.9 Å². The Morgan fingerprint density at radius 1 is 1.06 bits per heavy atom. The van der Waals surface area contributed by atoms with Crippen LogP contribution in [-0.4, -0.2) is 71.1 Å². The number of hydrogen-bond acceptors (Lipinski definition) is 6. The molecular formula is C25H26FN5O3. The van der Waals surface area contributed by atoms with E-state index in [2.05, 4.69) is 21.7 Å². The van der Waals surface area contributed by atoms with Crippen molar-refractivity contribution in [3.05, 3.63) is 79.0 Å². The van der Waals surface area contributed by atoms with E-state index in [1.165, 1.54) is 23.3 Å². The average Bonchev–Trinajstić information content (AvgIpc) is 3.28. The van der Waals surface area contributed by atoms with E-state index in [-0.39, 0.29) is 36.5 Å². The molecule has 8 nitrogen and oxygen atoms in total. The maximum absolute atomic E-state index is 13.1. The van der Waals surface area contributed by atoms with Gasteiger partial charge in [-0.3, -0.25) is 9.59 Å². The molecule has 2 amide bonds. The van der Waals surface area contributed by atoms with Crippen LogP contribution in [0.2, 0.25) is 0 Å². The van der Waals surface area contributed by atoms with Crippen molar-refractivity contribution in [2.75, 3.05) is 44.2 Å². The van der Waals surface area contributed by atoms with E-state index in [1.807, 2.05) is 12.1 Å². The number of carbonyl (C=O) groups excluding carboxylic acids is 2. The Bertz CT molecular complexity index is 1120. The monoisotopic (exact) mass is 463 g/mol. The number of furan rings is 1. The van der Waals surface area contributed by atoms with Crippen molar-refractivity contribution in [2.24, 2.45) is 0 Å². The molecule has 0 aliphatic carbocycles. The zero-order valence-corrected chi connectivity index (χ0v) is 18.8. The summed E-state index contributed by atoms with van der Waals surface area (Å²) in [6.07, 6.45) is 3.78. The molecule has 1 aliphatic rings. The minimum atomic E-state index is -0.341. The zero-order chi connectivity index (χ0) is 23.9. The quantitative estimate of drug-likeness (QED) is 0.501. The third kappa shape index (κ3) is 5.48. The summed E-state index contributed by atoms with van der Waals surface area (Å²) in [5, 5.41) is 8.63. The van der Waals surface area contributed by atoms with Gasteiger partial charge in [0.15, 0.2) is 11.6 Å². The Kier molecular flexibility index (Phi) is 7.31. The predicted octanol–water partition coefficient (Wildman–Crippen LogP) is 3.24. The van der Waals surface area contributed by atoms with Crippen LogP contribution in [0.5, 0.6) is 0 Å². The maximum atomic E-state index is 13.1. The molecule has 0 saturated carbocycles. The normalized spacial score (nSPS) is 13.9. The lowest BCUT2D eigenvalue weighted by Gasteiger charge is -2.26. The van der Waals surface area contributed by atoms with Crippen LogP contribution in [-0.2, 0) is 4.79 Å². The number of nitrogens with zero attached hydrogens (tertiary/aromatic N) is 5. The van der Waals surface area contributed by atoms with Gasteiger partial charge in [0.2, 0.25) is 5.91 Å². The van der Waals surface area contributed by atoms with Crippen LogP contribution < -0.4 is 4.90 Å². The fourth-order valence-electron chi connectivity index (χ4n) is 3.86. The number of aromatic nitrogens is 2. The third-order valence-electron chi connectivity index (χ3n) is 5.66. The second-order valence-electron chi connectivity index (χ2n) is 7.96. The highest BCUT2D eigenvalue weighted by atomic mass is 19.1. The van der Waals surface area contributed by atoms with Crippen molar-refractivity contribution in [3.8, 4) is 11.3 Å². The molecule has 34 heavy (non-hydrogen) atoms. The number of hydrogen-bond donors (Lipinski definition) is 0. The molecule has 0 atom stereocenters. The van der Waals surface area contributed by atoms with Crippen LogP contribution in [0.1, 0.15) is 17.0 Å². The molecule has 0 N–H and O–H groups in total. The first kappa shape index (κ1) is 23.2. The molecule has 1 aromatic carbocycles. The summed E-state index contributed by atoms with van der Waals surface area (Å²) < 4.78 is 18.3. The summed E-state index contributed by atoms with van der Waals surface area (Å²) in [6, 6.07) is 13.1. The van der Waals surface area contributed by atoms with Gasteiger partial charge >= 0.3 is 0 Å². The largest absolute Gasteiger partial charge is 0.459 e. The molecule has 1 saturated heterocycles. The van der Waals surface area contributed by atoms with Gasteiger partial charge < -0.3 is 19.1 Å². The van der Waals surface area contributed by atoms with Crippen LogP contribution in [0.3, 0.4) is 0 Å². The third-order valence-corrected chi connectivity index (χ3v) is 5.66. The number of amides is 2. The summed E-state index contributed by atoms with van der Waals surface area (Å²) in [4.78, 5) is 30.9. The van der Waals surface area contributed by atoms with E-state index < -0.39 is 0 Å². The molecule has 0 spiro atoms. The van der Waals surface area contributed by atoms with Gasteiger partial charge in [-0.25, -0.2) is 4.39 Å². The summed E-state index contributed by atoms with van der Waals surface area (Å²) in [5.74, 6) is 0.156. The first-order valence-corrected chi connectivity index (χ1v) is 11.1. The highest BCUT2D eigenvalue weighted by molar-refractivity contribution is 5.94. The number of benzene rings is 1. The first-order valence-electron chi connectivity index (χ1n) is 11.1. The molecule has 0 radical (unpaired) electrons.